The molecule has 128 valence electrons. The lowest BCUT2D eigenvalue weighted by Gasteiger charge is -2.11. The highest BCUT2D eigenvalue weighted by Crippen LogP contribution is 2.30. The van der Waals surface area contributed by atoms with E-state index in [1.165, 1.54) is 12.4 Å². The predicted octanol–water partition coefficient (Wildman–Crippen LogP) is 2.62. The summed E-state index contributed by atoms with van der Waals surface area (Å²) in [5.74, 6) is 1.85. The largest absolute Gasteiger partial charge is 0.493 e. The molecule has 24 heavy (non-hydrogen) atoms. The molecule has 0 aliphatic rings. The number of amides is 1. The minimum absolute atomic E-state index is 0.179. The van der Waals surface area contributed by atoms with Gasteiger partial charge in [-0.3, -0.25) is 4.79 Å². The first kappa shape index (κ1) is 17.5. The SMILES string of the molecule is COc1ccc(Nc2ncc(C(=O)NCC(C)C)cn2)cc1OC. The summed E-state index contributed by atoms with van der Waals surface area (Å²) in [5, 5.41) is 5.88. The maximum atomic E-state index is 11.9. The highest BCUT2D eigenvalue weighted by molar-refractivity contribution is 5.93. The number of ether oxygens (including phenoxy) is 2. The maximum absolute atomic E-state index is 11.9. The predicted molar refractivity (Wildman–Crippen MR) is 92.0 cm³/mol. The van der Waals surface area contributed by atoms with Gasteiger partial charge in [0.05, 0.1) is 19.8 Å². The van der Waals surface area contributed by atoms with Crippen LogP contribution in [0.4, 0.5) is 11.6 Å². The molecule has 0 bridgehead atoms. The normalized spacial score (nSPS) is 10.4. The summed E-state index contributed by atoms with van der Waals surface area (Å²) in [4.78, 5) is 20.3. The standard InChI is InChI=1S/C17H22N4O3/c1-11(2)8-18-16(22)12-9-19-17(20-10-12)21-13-5-6-14(23-3)15(7-13)24-4/h5-7,9-11H,8H2,1-4H3,(H,18,22)(H,19,20,21). The van der Waals surface area contributed by atoms with E-state index in [4.69, 9.17) is 9.47 Å². The smallest absolute Gasteiger partial charge is 0.254 e. The lowest BCUT2D eigenvalue weighted by molar-refractivity contribution is 0.0948. The molecule has 1 amide bonds. The number of benzene rings is 1. The van der Waals surface area contributed by atoms with Crippen LogP contribution in [0.3, 0.4) is 0 Å². The Morgan fingerprint density at radius 3 is 2.38 bits per heavy atom. The van der Waals surface area contributed by atoms with Crippen LogP contribution in [0, 0.1) is 5.92 Å². The lowest BCUT2D eigenvalue weighted by atomic mass is 10.2. The molecule has 0 aliphatic heterocycles. The fraction of sp³-hybridized carbons (Fsp3) is 0.353. The molecule has 2 aromatic rings. The van der Waals surface area contributed by atoms with Crippen LogP contribution in [0.2, 0.25) is 0 Å². The third-order valence-electron chi connectivity index (χ3n) is 3.22. The number of hydrogen-bond donors (Lipinski definition) is 2. The van der Waals surface area contributed by atoms with Crippen molar-refractivity contribution in [2.75, 3.05) is 26.1 Å². The van der Waals surface area contributed by atoms with Crippen LogP contribution >= 0.6 is 0 Å². The number of carbonyl (C=O) groups is 1. The van der Waals surface area contributed by atoms with Crippen LogP contribution < -0.4 is 20.1 Å². The number of aromatic nitrogens is 2. The third-order valence-corrected chi connectivity index (χ3v) is 3.22. The van der Waals surface area contributed by atoms with E-state index in [9.17, 15) is 4.79 Å². The van der Waals surface area contributed by atoms with Crippen LogP contribution in [0.5, 0.6) is 11.5 Å². The molecule has 0 saturated heterocycles. The van der Waals surface area contributed by atoms with Crippen molar-refractivity contribution in [3.05, 3.63) is 36.2 Å². The fourth-order valence-electron chi connectivity index (χ4n) is 1.95. The van der Waals surface area contributed by atoms with Crippen molar-refractivity contribution in [1.29, 1.82) is 0 Å². The number of hydrogen-bond acceptors (Lipinski definition) is 6. The molecule has 0 aliphatic carbocycles. The number of carbonyl (C=O) groups excluding carboxylic acids is 1. The lowest BCUT2D eigenvalue weighted by Crippen LogP contribution is -2.27. The molecular formula is C17H22N4O3. The molecule has 1 heterocycles. The van der Waals surface area contributed by atoms with E-state index in [1.807, 2.05) is 19.9 Å². The first-order chi connectivity index (χ1) is 11.5. The van der Waals surface area contributed by atoms with Crippen molar-refractivity contribution < 1.29 is 14.3 Å². The van der Waals surface area contributed by atoms with Gasteiger partial charge < -0.3 is 20.1 Å². The van der Waals surface area contributed by atoms with E-state index in [0.29, 0.717) is 35.5 Å². The van der Waals surface area contributed by atoms with Crippen molar-refractivity contribution in [3.63, 3.8) is 0 Å². The Hall–Kier alpha value is -2.83. The molecule has 7 nitrogen and oxygen atoms in total. The van der Waals surface area contributed by atoms with Gasteiger partial charge in [0.15, 0.2) is 11.5 Å². The Balaban J connectivity index is 2.05. The average molecular weight is 330 g/mol. The Morgan fingerprint density at radius 1 is 1.12 bits per heavy atom. The second-order valence-corrected chi connectivity index (χ2v) is 5.59. The quantitative estimate of drug-likeness (QED) is 0.812. The molecule has 2 rings (SSSR count). The Kier molecular flexibility index (Phi) is 5.95. The molecule has 0 spiro atoms. The minimum atomic E-state index is -0.179. The molecule has 1 aromatic carbocycles. The maximum Gasteiger partial charge on any atom is 0.254 e. The topological polar surface area (TPSA) is 85.4 Å². The van der Waals surface area contributed by atoms with Crippen molar-refractivity contribution in [2.45, 2.75) is 13.8 Å². The number of nitrogens with one attached hydrogen (secondary N) is 2. The van der Waals surface area contributed by atoms with Crippen LogP contribution in [-0.4, -0.2) is 36.6 Å². The Morgan fingerprint density at radius 2 is 1.79 bits per heavy atom. The summed E-state index contributed by atoms with van der Waals surface area (Å²) in [6.07, 6.45) is 2.98. The summed E-state index contributed by atoms with van der Waals surface area (Å²) in [7, 11) is 3.15. The molecule has 1 aromatic heterocycles. The molecule has 0 atom stereocenters. The van der Waals surface area contributed by atoms with E-state index in [-0.39, 0.29) is 5.91 Å². The second-order valence-electron chi connectivity index (χ2n) is 5.59. The van der Waals surface area contributed by atoms with Crippen LogP contribution in [0.25, 0.3) is 0 Å². The van der Waals surface area contributed by atoms with Crippen LogP contribution in [-0.2, 0) is 0 Å². The van der Waals surface area contributed by atoms with Gasteiger partial charge in [-0.05, 0) is 18.1 Å². The van der Waals surface area contributed by atoms with Gasteiger partial charge in [-0.15, -0.1) is 0 Å². The Labute approximate surface area is 141 Å². The first-order valence-corrected chi connectivity index (χ1v) is 7.62. The van der Waals surface area contributed by atoms with Gasteiger partial charge in [0.2, 0.25) is 5.95 Å². The average Bonchev–Trinajstić information content (AvgIpc) is 2.60. The van der Waals surface area contributed by atoms with Crippen molar-refractivity contribution >= 4 is 17.5 Å². The molecule has 0 saturated carbocycles. The molecular weight excluding hydrogens is 308 g/mol. The number of anilines is 2. The molecule has 2 N–H and O–H groups in total. The summed E-state index contributed by atoms with van der Waals surface area (Å²) < 4.78 is 10.4. The van der Waals surface area contributed by atoms with Gasteiger partial charge in [0.25, 0.3) is 5.91 Å². The van der Waals surface area contributed by atoms with Gasteiger partial charge in [0, 0.05) is 30.7 Å². The van der Waals surface area contributed by atoms with E-state index in [0.717, 1.165) is 5.69 Å². The monoisotopic (exact) mass is 330 g/mol. The van der Waals surface area contributed by atoms with Gasteiger partial charge in [-0.25, -0.2) is 9.97 Å². The third kappa shape index (κ3) is 4.58. The Bertz CT molecular complexity index is 687. The van der Waals surface area contributed by atoms with Gasteiger partial charge in [-0.2, -0.15) is 0 Å². The summed E-state index contributed by atoms with van der Waals surface area (Å²) in [6.45, 7) is 4.68. The molecule has 0 unspecified atom stereocenters. The zero-order chi connectivity index (χ0) is 17.5. The van der Waals surface area contributed by atoms with Crippen molar-refractivity contribution in [2.24, 2.45) is 5.92 Å². The molecule has 0 radical (unpaired) electrons. The number of nitrogens with zero attached hydrogens (tertiary/aromatic N) is 2. The molecule has 7 heteroatoms. The van der Waals surface area contributed by atoms with Crippen LogP contribution in [0.15, 0.2) is 30.6 Å². The number of methoxy groups -OCH3 is 2. The number of rotatable bonds is 7. The zero-order valence-corrected chi connectivity index (χ0v) is 14.3. The van der Waals surface area contributed by atoms with Crippen molar-refractivity contribution in [1.82, 2.24) is 15.3 Å². The van der Waals surface area contributed by atoms with E-state index >= 15 is 0 Å². The first-order valence-electron chi connectivity index (χ1n) is 7.62. The van der Waals surface area contributed by atoms with Gasteiger partial charge in [0.1, 0.15) is 0 Å². The van der Waals surface area contributed by atoms with Crippen LogP contribution in [0.1, 0.15) is 24.2 Å². The molecule has 0 fully saturated rings. The minimum Gasteiger partial charge on any atom is -0.493 e. The summed E-state index contributed by atoms with van der Waals surface area (Å²) >= 11 is 0. The highest BCUT2D eigenvalue weighted by atomic mass is 16.5. The van der Waals surface area contributed by atoms with Gasteiger partial charge in [-0.1, -0.05) is 13.8 Å². The fourth-order valence-corrected chi connectivity index (χ4v) is 1.95. The zero-order valence-electron chi connectivity index (χ0n) is 14.3. The van der Waals surface area contributed by atoms with Crippen molar-refractivity contribution in [3.8, 4) is 11.5 Å². The highest BCUT2D eigenvalue weighted by Gasteiger charge is 2.09. The second kappa shape index (κ2) is 8.14. The van der Waals surface area contributed by atoms with Gasteiger partial charge >= 0.3 is 0 Å². The van der Waals surface area contributed by atoms with E-state index in [1.54, 1.807) is 26.4 Å². The summed E-state index contributed by atoms with van der Waals surface area (Å²) in [6, 6.07) is 5.40. The summed E-state index contributed by atoms with van der Waals surface area (Å²) in [5.41, 5.74) is 1.18. The van der Waals surface area contributed by atoms with E-state index < -0.39 is 0 Å². The van der Waals surface area contributed by atoms with E-state index in [2.05, 4.69) is 20.6 Å².